The van der Waals surface area contributed by atoms with E-state index >= 15 is 0 Å². The highest BCUT2D eigenvalue weighted by Gasteiger charge is 2.21. The molecular weight excluding hydrogens is 222 g/mol. The van der Waals surface area contributed by atoms with E-state index in [2.05, 4.69) is 38.2 Å². The van der Waals surface area contributed by atoms with Gasteiger partial charge in [-0.25, -0.2) is 0 Å². The predicted molar refractivity (Wildman–Crippen MR) is 76.5 cm³/mol. The third-order valence-electron chi connectivity index (χ3n) is 4.03. The molecule has 0 aliphatic heterocycles. The van der Waals surface area contributed by atoms with Crippen molar-refractivity contribution in [2.75, 3.05) is 13.7 Å². The number of hydrogen-bond acceptors (Lipinski definition) is 2. The fourth-order valence-electron chi connectivity index (χ4n) is 2.42. The van der Waals surface area contributed by atoms with Gasteiger partial charge in [-0.15, -0.1) is 0 Å². The lowest BCUT2D eigenvalue weighted by Gasteiger charge is -2.19. The number of hydrogen-bond donors (Lipinski definition) is 1. The minimum absolute atomic E-state index is 0.547. The van der Waals surface area contributed by atoms with Crippen LogP contribution in [-0.2, 0) is 0 Å². The quantitative estimate of drug-likeness (QED) is 0.830. The Morgan fingerprint density at radius 1 is 1.33 bits per heavy atom. The Labute approximate surface area is 111 Å². The van der Waals surface area contributed by atoms with Gasteiger partial charge in [0.15, 0.2) is 0 Å². The molecule has 0 aromatic heterocycles. The van der Waals surface area contributed by atoms with Crippen molar-refractivity contribution >= 4 is 0 Å². The predicted octanol–water partition coefficient (Wildman–Crippen LogP) is 3.56. The smallest absolute Gasteiger partial charge is 0.125 e. The molecule has 0 amide bonds. The van der Waals surface area contributed by atoms with Crippen LogP contribution in [0, 0.1) is 13.8 Å². The first kappa shape index (κ1) is 13.4. The standard InChI is InChI=1S/C16H25NO/c1-11-5-8-15(16(18-4)13(11)3)12(2)9-10-17-14-6-7-14/h5,8,12,14,17H,6-7,9-10H2,1-4H3. The van der Waals surface area contributed by atoms with Gasteiger partial charge in [0.25, 0.3) is 0 Å². The van der Waals surface area contributed by atoms with Crippen LogP contribution >= 0.6 is 0 Å². The topological polar surface area (TPSA) is 21.3 Å². The molecule has 1 atom stereocenters. The van der Waals surface area contributed by atoms with Crippen LogP contribution in [0.1, 0.15) is 48.8 Å². The minimum atomic E-state index is 0.547. The summed E-state index contributed by atoms with van der Waals surface area (Å²) in [5.74, 6) is 1.62. The molecule has 1 saturated carbocycles. The summed E-state index contributed by atoms with van der Waals surface area (Å²) >= 11 is 0. The fraction of sp³-hybridized carbons (Fsp3) is 0.625. The van der Waals surface area contributed by atoms with Crippen LogP contribution in [0.25, 0.3) is 0 Å². The van der Waals surface area contributed by atoms with Crippen LogP contribution in [0.4, 0.5) is 0 Å². The molecular formula is C16H25NO. The molecule has 1 aromatic rings. The molecule has 0 bridgehead atoms. The highest BCUT2D eigenvalue weighted by Crippen LogP contribution is 2.33. The van der Waals surface area contributed by atoms with Gasteiger partial charge in [0.2, 0.25) is 0 Å². The van der Waals surface area contributed by atoms with Crippen LogP contribution < -0.4 is 10.1 Å². The average Bonchev–Trinajstić information content (AvgIpc) is 3.16. The largest absolute Gasteiger partial charge is 0.496 e. The summed E-state index contributed by atoms with van der Waals surface area (Å²) in [5, 5.41) is 3.58. The van der Waals surface area contributed by atoms with Crippen molar-refractivity contribution < 1.29 is 4.74 Å². The summed E-state index contributed by atoms with van der Waals surface area (Å²) in [6.45, 7) is 7.69. The Kier molecular flexibility index (Phi) is 4.28. The van der Waals surface area contributed by atoms with Crippen molar-refractivity contribution in [2.24, 2.45) is 0 Å². The van der Waals surface area contributed by atoms with Crippen LogP contribution in [-0.4, -0.2) is 19.7 Å². The van der Waals surface area contributed by atoms with Crippen molar-refractivity contribution in [3.8, 4) is 5.75 Å². The average molecular weight is 247 g/mol. The van der Waals surface area contributed by atoms with E-state index in [-0.39, 0.29) is 0 Å². The molecule has 1 fully saturated rings. The van der Waals surface area contributed by atoms with Gasteiger partial charge in [0, 0.05) is 6.04 Å². The maximum Gasteiger partial charge on any atom is 0.125 e. The maximum atomic E-state index is 5.60. The van der Waals surface area contributed by atoms with Gasteiger partial charge >= 0.3 is 0 Å². The van der Waals surface area contributed by atoms with E-state index in [1.54, 1.807) is 7.11 Å². The number of ether oxygens (including phenoxy) is 1. The van der Waals surface area contributed by atoms with Crippen molar-refractivity contribution in [3.05, 3.63) is 28.8 Å². The summed E-state index contributed by atoms with van der Waals surface area (Å²) in [7, 11) is 1.78. The molecule has 0 saturated heterocycles. The Morgan fingerprint density at radius 3 is 2.67 bits per heavy atom. The zero-order chi connectivity index (χ0) is 13.1. The first-order chi connectivity index (χ1) is 8.63. The SMILES string of the molecule is COc1c(C(C)CCNC2CC2)ccc(C)c1C. The van der Waals surface area contributed by atoms with E-state index < -0.39 is 0 Å². The third-order valence-corrected chi connectivity index (χ3v) is 4.03. The van der Waals surface area contributed by atoms with Gasteiger partial charge in [-0.1, -0.05) is 19.1 Å². The van der Waals surface area contributed by atoms with Gasteiger partial charge in [-0.05, 0) is 62.3 Å². The summed E-state index contributed by atoms with van der Waals surface area (Å²) in [5.41, 5.74) is 3.93. The fourth-order valence-corrected chi connectivity index (χ4v) is 2.42. The molecule has 2 nitrogen and oxygen atoms in total. The van der Waals surface area contributed by atoms with Crippen LogP contribution in [0.15, 0.2) is 12.1 Å². The second-order valence-corrected chi connectivity index (χ2v) is 5.55. The molecule has 2 rings (SSSR count). The lowest BCUT2D eigenvalue weighted by Crippen LogP contribution is -2.19. The van der Waals surface area contributed by atoms with Gasteiger partial charge < -0.3 is 10.1 Å². The number of benzene rings is 1. The Morgan fingerprint density at radius 2 is 2.06 bits per heavy atom. The highest BCUT2D eigenvalue weighted by atomic mass is 16.5. The Balaban J connectivity index is 2.03. The first-order valence-corrected chi connectivity index (χ1v) is 7.01. The van der Waals surface area contributed by atoms with Gasteiger partial charge in [-0.3, -0.25) is 0 Å². The van der Waals surface area contributed by atoms with E-state index in [4.69, 9.17) is 4.74 Å². The number of aryl methyl sites for hydroxylation is 1. The molecule has 0 radical (unpaired) electrons. The third kappa shape index (κ3) is 3.05. The molecule has 1 aliphatic rings. The van der Waals surface area contributed by atoms with E-state index in [1.165, 1.54) is 36.0 Å². The van der Waals surface area contributed by atoms with Gasteiger partial charge in [-0.2, -0.15) is 0 Å². The number of rotatable bonds is 6. The summed E-state index contributed by atoms with van der Waals surface area (Å²) < 4.78 is 5.60. The van der Waals surface area contributed by atoms with Crippen LogP contribution in [0.2, 0.25) is 0 Å². The van der Waals surface area contributed by atoms with E-state index in [9.17, 15) is 0 Å². The lowest BCUT2D eigenvalue weighted by molar-refractivity contribution is 0.401. The summed E-state index contributed by atoms with van der Waals surface area (Å²) in [6.07, 6.45) is 3.90. The Bertz CT molecular complexity index is 410. The molecule has 1 aromatic carbocycles. The molecule has 100 valence electrons. The first-order valence-electron chi connectivity index (χ1n) is 7.01. The van der Waals surface area contributed by atoms with Gasteiger partial charge in [0.1, 0.15) is 5.75 Å². The van der Waals surface area contributed by atoms with Crippen LogP contribution in [0.5, 0.6) is 5.75 Å². The lowest BCUT2D eigenvalue weighted by atomic mass is 9.93. The second-order valence-electron chi connectivity index (χ2n) is 5.55. The molecule has 2 heteroatoms. The number of nitrogens with one attached hydrogen (secondary N) is 1. The van der Waals surface area contributed by atoms with E-state index in [1.807, 2.05) is 0 Å². The normalized spacial score (nSPS) is 16.7. The molecule has 18 heavy (non-hydrogen) atoms. The Hall–Kier alpha value is -1.02. The van der Waals surface area contributed by atoms with E-state index in [0.29, 0.717) is 5.92 Å². The molecule has 0 spiro atoms. The maximum absolute atomic E-state index is 5.60. The van der Waals surface area contributed by atoms with Crippen molar-refractivity contribution in [2.45, 2.75) is 52.0 Å². The molecule has 1 N–H and O–H groups in total. The van der Waals surface area contributed by atoms with Crippen molar-refractivity contribution in [1.82, 2.24) is 5.32 Å². The molecule has 1 aliphatic carbocycles. The van der Waals surface area contributed by atoms with Crippen LogP contribution in [0.3, 0.4) is 0 Å². The highest BCUT2D eigenvalue weighted by molar-refractivity contribution is 5.46. The van der Waals surface area contributed by atoms with Crippen molar-refractivity contribution in [3.63, 3.8) is 0 Å². The summed E-state index contributed by atoms with van der Waals surface area (Å²) in [4.78, 5) is 0. The zero-order valence-corrected chi connectivity index (χ0v) is 12.0. The van der Waals surface area contributed by atoms with E-state index in [0.717, 1.165) is 18.3 Å². The van der Waals surface area contributed by atoms with Gasteiger partial charge in [0.05, 0.1) is 7.11 Å². The number of methoxy groups -OCH3 is 1. The summed E-state index contributed by atoms with van der Waals surface area (Å²) in [6, 6.07) is 5.24. The molecule has 0 heterocycles. The monoisotopic (exact) mass is 247 g/mol. The van der Waals surface area contributed by atoms with Crippen molar-refractivity contribution in [1.29, 1.82) is 0 Å². The zero-order valence-electron chi connectivity index (χ0n) is 12.0. The molecule has 1 unspecified atom stereocenters. The second kappa shape index (κ2) is 5.75. The minimum Gasteiger partial charge on any atom is -0.496 e.